The summed E-state index contributed by atoms with van der Waals surface area (Å²) < 4.78 is 85.9. The summed E-state index contributed by atoms with van der Waals surface area (Å²) in [6.45, 7) is -0.120. The number of hydrogen-bond acceptors (Lipinski definition) is 9. The minimum atomic E-state index is -4.65. The number of likely N-dealkylation sites (tertiary alicyclic amines) is 1. The summed E-state index contributed by atoms with van der Waals surface area (Å²) in [5.41, 5.74) is -0.956. The van der Waals surface area contributed by atoms with E-state index in [1.54, 1.807) is 0 Å². The third-order valence-corrected chi connectivity index (χ3v) is 5.23. The fraction of sp³-hybridized carbons (Fsp3) is 0.381. The molecule has 4 heterocycles. The minimum Gasteiger partial charge on any atom is -0.477 e. The lowest BCUT2D eigenvalue weighted by Crippen LogP contribution is -2.32. The molecule has 0 bridgehead atoms. The van der Waals surface area contributed by atoms with E-state index in [9.17, 15) is 31.1 Å². The number of amides is 1. The molecule has 1 amide bonds. The van der Waals surface area contributed by atoms with Crippen molar-refractivity contribution in [1.82, 2.24) is 25.0 Å². The van der Waals surface area contributed by atoms with Crippen LogP contribution in [0.15, 0.2) is 41.4 Å². The first-order valence-electron chi connectivity index (χ1n) is 10.8. The van der Waals surface area contributed by atoms with Crippen LogP contribution >= 0.6 is 0 Å². The molecule has 1 fully saturated rings. The number of alkyl halides is 6. The van der Waals surface area contributed by atoms with Crippen molar-refractivity contribution in [2.45, 2.75) is 18.8 Å². The van der Waals surface area contributed by atoms with E-state index in [1.807, 2.05) is 0 Å². The van der Waals surface area contributed by atoms with Crippen LogP contribution < -0.4 is 15.4 Å². The van der Waals surface area contributed by atoms with Gasteiger partial charge in [-0.15, -0.1) is 0 Å². The van der Waals surface area contributed by atoms with Gasteiger partial charge in [0, 0.05) is 18.5 Å². The van der Waals surface area contributed by atoms with E-state index in [2.05, 4.69) is 30.7 Å². The Morgan fingerprint density at radius 2 is 1.89 bits per heavy atom. The van der Waals surface area contributed by atoms with E-state index < -0.39 is 30.5 Å². The molecule has 0 saturated carbocycles. The number of ether oxygens (including phenoxy) is 1. The number of rotatable bonds is 8. The quantitative estimate of drug-likeness (QED) is 0.414. The molecular weight excluding hydrogens is 512 g/mol. The zero-order valence-corrected chi connectivity index (χ0v) is 18.8. The predicted molar refractivity (Wildman–Crippen MR) is 115 cm³/mol. The molecule has 0 spiro atoms. The van der Waals surface area contributed by atoms with Gasteiger partial charge in [0.1, 0.15) is 5.56 Å². The molecule has 16 heteroatoms. The summed E-state index contributed by atoms with van der Waals surface area (Å²) in [5, 5.41) is 8.60. The fourth-order valence-corrected chi connectivity index (χ4v) is 3.53. The normalized spacial score (nSPS) is 16.5. The van der Waals surface area contributed by atoms with Crippen LogP contribution in [0.4, 0.5) is 43.7 Å². The van der Waals surface area contributed by atoms with Gasteiger partial charge in [-0.2, -0.15) is 26.3 Å². The number of nitrogens with zero attached hydrogens (tertiary/aromatic N) is 5. The van der Waals surface area contributed by atoms with Crippen molar-refractivity contribution in [2.75, 3.05) is 36.9 Å². The molecule has 1 aliphatic rings. The summed E-state index contributed by atoms with van der Waals surface area (Å²) in [5.74, 6) is -0.756. The molecule has 0 aliphatic carbocycles. The van der Waals surface area contributed by atoms with Crippen molar-refractivity contribution in [1.29, 1.82) is 0 Å². The third kappa shape index (κ3) is 7.28. The number of hydrogen-bond donors (Lipinski definition) is 2. The van der Waals surface area contributed by atoms with Crippen molar-refractivity contribution in [3.63, 3.8) is 0 Å². The Bertz CT molecular complexity index is 1200. The molecule has 0 aromatic carbocycles. The minimum absolute atomic E-state index is 0.0580. The smallest absolute Gasteiger partial charge is 0.434 e. The third-order valence-electron chi connectivity index (χ3n) is 5.23. The van der Waals surface area contributed by atoms with E-state index in [4.69, 9.17) is 9.26 Å². The van der Waals surface area contributed by atoms with E-state index in [-0.39, 0.29) is 47.9 Å². The highest BCUT2D eigenvalue weighted by atomic mass is 19.4. The lowest BCUT2D eigenvalue weighted by molar-refractivity contribution is -0.144. The Kier molecular flexibility index (Phi) is 7.47. The van der Waals surface area contributed by atoms with Crippen LogP contribution in [0, 0.1) is 5.92 Å². The van der Waals surface area contributed by atoms with E-state index in [0.717, 1.165) is 12.4 Å². The van der Waals surface area contributed by atoms with Gasteiger partial charge >= 0.3 is 12.4 Å². The maximum absolute atomic E-state index is 12.6. The maximum Gasteiger partial charge on any atom is 0.434 e. The van der Waals surface area contributed by atoms with Crippen LogP contribution in [-0.4, -0.2) is 63.3 Å². The number of aromatic nitrogens is 4. The van der Waals surface area contributed by atoms with Gasteiger partial charge in [-0.1, -0.05) is 5.16 Å². The molecule has 10 nitrogen and oxygen atoms in total. The summed E-state index contributed by atoms with van der Waals surface area (Å²) in [7, 11) is 0. The Morgan fingerprint density at radius 1 is 1.08 bits per heavy atom. The molecule has 198 valence electrons. The second-order valence-electron chi connectivity index (χ2n) is 8.13. The molecule has 37 heavy (non-hydrogen) atoms. The first kappa shape index (κ1) is 26.1. The molecule has 1 atom stereocenters. The summed E-state index contributed by atoms with van der Waals surface area (Å²) in [6.07, 6.45) is -4.53. The first-order chi connectivity index (χ1) is 17.5. The van der Waals surface area contributed by atoms with Crippen LogP contribution in [0.3, 0.4) is 0 Å². The maximum atomic E-state index is 12.6. The van der Waals surface area contributed by atoms with E-state index >= 15 is 0 Å². The molecule has 4 rings (SSSR count). The Morgan fingerprint density at radius 3 is 2.54 bits per heavy atom. The summed E-state index contributed by atoms with van der Waals surface area (Å²) >= 11 is 0. The average molecular weight is 531 g/mol. The number of anilines is 3. The van der Waals surface area contributed by atoms with Crippen LogP contribution in [0.5, 0.6) is 5.88 Å². The lowest BCUT2D eigenvalue weighted by atomic mass is 10.1. The molecule has 0 unspecified atom stereocenters. The molecule has 2 N–H and O–H groups in total. The van der Waals surface area contributed by atoms with Crippen molar-refractivity contribution in [3.8, 4) is 5.88 Å². The second-order valence-corrected chi connectivity index (χ2v) is 8.13. The fourth-order valence-electron chi connectivity index (χ4n) is 3.53. The van der Waals surface area contributed by atoms with Crippen LogP contribution in [0.1, 0.15) is 22.5 Å². The van der Waals surface area contributed by atoms with Gasteiger partial charge in [-0.25, -0.2) is 15.0 Å². The number of halogens is 6. The van der Waals surface area contributed by atoms with Gasteiger partial charge in [0.05, 0.1) is 43.6 Å². The van der Waals surface area contributed by atoms with Crippen LogP contribution in [0.2, 0.25) is 0 Å². The topological polar surface area (TPSA) is 118 Å². The number of pyridine rings is 1. The van der Waals surface area contributed by atoms with Crippen molar-refractivity contribution in [2.24, 2.45) is 5.92 Å². The predicted octanol–water partition coefficient (Wildman–Crippen LogP) is 4.14. The van der Waals surface area contributed by atoms with Gasteiger partial charge in [-0.05, 0) is 19.0 Å². The van der Waals surface area contributed by atoms with E-state index in [1.165, 1.54) is 23.2 Å². The molecule has 1 aliphatic heterocycles. The molecular formula is C21H19F6N7O3. The highest BCUT2D eigenvalue weighted by Gasteiger charge is 2.35. The zero-order valence-electron chi connectivity index (χ0n) is 18.8. The highest BCUT2D eigenvalue weighted by molar-refractivity contribution is 6.07. The Labute approximate surface area is 205 Å². The zero-order chi connectivity index (χ0) is 26.6. The van der Waals surface area contributed by atoms with Crippen molar-refractivity contribution in [3.05, 3.63) is 48.2 Å². The number of nitrogens with one attached hydrogen (secondary N) is 2. The monoisotopic (exact) mass is 531 g/mol. The molecule has 0 radical (unpaired) electrons. The average Bonchev–Trinajstić information content (AvgIpc) is 3.46. The largest absolute Gasteiger partial charge is 0.477 e. The van der Waals surface area contributed by atoms with Crippen molar-refractivity contribution >= 4 is 23.3 Å². The summed E-state index contributed by atoms with van der Waals surface area (Å²) in [6, 6.07) is 3.00. The molecule has 3 aromatic rings. The van der Waals surface area contributed by atoms with Crippen molar-refractivity contribution < 1.29 is 40.4 Å². The lowest BCUT2D eigenvalue weighted by Gasteiger charge is -2.17. The van der Waals surface area contributed by atoms with Crippen LogP contribution in [0.25, 0.3) is 0 Å². The first-order valence-corrected chi connectivity index (χ1v) is 10.8. The Balaban J connectivity index is 1.28. The highest BCUT2D eigenvalue weighted by Crippen LogP contribution is 2.28. The van der Waals surface area contributed by atoms with Gasteiger partial charge < -0.3 is 19.9 Å². The number of carbonyl (C=O) groups is 1. The second kappa shape index (κ2) is 10.6. The van der Waals surface area contributed by atoms with Crippen LogP contribution in [-0.2, 0) is 6.18 Å². The van der Waals surface area contributed by atoms with E-state index in [0.29, 0.717) is 19.2 Å². The standard InChI is InChI=1S/C21H19F6N7O3/c22-20(23,24)11-34-4-3-12(9-34)10-36-17-2-1-13(5-30-17)32-18(35)14-6-31-37-19(14)33-16-8-28-15(7-29-16)21(25,26)27/h1-2,5-8,12H,3-4,9-11H2,(H,29,33)(H,32,35)/t12-/m0/s1. The Hall–Kier alpha value is -3.95. The van der Waals surface area contributed by atoms with Gasteiger partial charge in [-0.3, -0.25) is 9.69 Å². The molecule has 3 aromatic heterocycles. The summed E-state index contributed by atoms with van der Waals surface area (Å²) in [4.78, 5) is 24.9. The SMILES string of the molecule is O=C(Nc1ccc(OC[C@H]2CCN(CC(F)(F)F)C2)nc1)c1cnoc1Nc1cnc(C(F)(F)F)cn1. The number of carbonyl (C=O) groups excluding carboxylic acids is 1. The van der Waals surface area contributed by atoms with Gasteiger partial charge in [0.25, 0.3) is 5.91 Å². The van der Waals surface area contributed by atoms with Gasteiger partial charge in [0.15, 0.2) is 11.5 Å². The molecule has 1 saturated heterocycles. The van der Waals surface area contributed by atoms with Gasteiger partial charge in [0.2, 0.25) is 11.8 Å².